The maximum Gasteiger partial charge on any atom is 0.311 e. The Balaban J connectivity index is 4.27. The number of ether oxygens (including phenoxy) is 1. The first-order valence-electron chi connectivity index (χ1n) is 5.84. The molecule has 0 radical (unpaired) electrons. The summed E-state index contributed by atoms with van der Waals surface area (Å²) in [5.74, 6) is -2.02. The number of aliphatic carboxylic acids is 1. The van der Waals surface area contributed by atoms with E-state index in [0.717, 1.165) is 0 Å². The van der Waals surface area contributed by atoms with Gasteiger partial charge in [-0.3, -0.25) is 4.79 Å². The number of rotatable bonds is 4. The first-order valence-corrected chi connectivity index (χ1v) is 5.84. The van der Waals surface area contributed by atoms with E-state index < -0.39 is 22.7 Å². The summed E-state index contributed by atoms with van der Waals surface area (Å²) in [6.07, 6.45) is 0.285. The van der Waals surface area contributed by atoms with Crippen LogP contribution in [-0.4, -0.2) is 18.5 Å². The van der Waals surface area contributed by atoms with Crippen molar-refractivity contribution in [2.45, 2.75) is 48.0 Å². The Morgan fingerprint density at radius 3 is 1.88 bits per heavy atom. The predicted octanol–water partition coefficient (Wildman–Crippen LogP) is 1.38. The summed E-state index contributed by atoms with van der Waals surface area (Å²) < 4.78 is 5.05. The van der Waals surface area contributed by atoms with Gasteiger partial charge < -0.3 is 14.6 Å². The second-order valence-corrected chi connectivity index (χ2v) is 6.41. The van der Waals surface area contributed by atoms with Crippen LogP contribution in [0.15, 0.2) is 0 Å². The maximum absolute atomic E-state index is 11.5. The molecule has 0 rings (SSSR count). The van der Waals surface area contributed by atoms with Gasteiger partial charge in [-0.25, -0.2) is 0 Å². The number of carboxylic acid groups (broad SMARTS) is 1. The minimum Gasteiger partial charge on any atom is -0.550 e. The monoisotopic (exact) mass is 243 g/mol. The van der Waals surface area contributed by atoms with Crippen LogP contribution in [0.25, 0.3) is 0 Å². The van der Waals surface area contributed by atoms with Crippen LogP contribution in [0.2, 0.25) is 0 Å². The van der Waals surface area contributed by atoms with Crippen LogP contribution in [0.4, 0.5) is 0 Å². The van der Waals surface area contributed by atoms with Crippen molar-refractivity contribution in [1.29, 1.82) is 0 Å². The molecule has 17 heavy (non-hydrogen) atoms. The highest BCUT2D eigenvalue weighted by Crippen LogP contribution is 2.28. The fourth-order valence-electron chi connectivity index (χ4n) is 1.39. The van der Waals surface area contributed by atoms with Crippen molar-refractivity contribution >= 4 is 11.9 Å². The van der Waals surface area contributed by atoms with E-state index in [-0.39, 0.29) is 19.0 Å². The number of hydrogen-bond acceptors (Lipinski definition) is 4. The number of esters is 1. The first kappa shape index (κ1) is 15.9. The van der Waals surface area contributed by atoms with Crippen molar-refractivity contribution < 1.29 is 19.4 Å². The molecule has 0 amide bonds. The molecule has 0 aliphatic rings. The lowest BCUT2D eigenvalue weighted by Crippen LogP contribution is -2.40. The smallest absolute Gasteiger partial charge is 0.311 e. The normalized spacial score (nSPS) is 14.2. The fourth-order valence-corrected chi connectivity index (χ4v) is 1.39. The van der Waals surface area contributed by atoms with E-state index >= 15 is 0 Å². The molecule has 4 nitrogen and oxygen atoms in total. The third-order valence-electron chi connectivity index (χ3n) is 2.58. The van der Waals surface area contributed by atoms with Gasteiger partial charge in [0.25, 0.3) is 0 Å². The summed E-state index contributed by atoms with van der Waals surface area (Å²) in [4.78, 5) is 22.4. The van der Waals surface area contributed by atoms with Crippen molar-refractivity contribution in [3.63, 3.8) is 0 Å². The molecule has 0 aliphatic carbocycles. The van der Waals surface area contributed by atoms with Crippen molar-refractivity contribution in [2.75, 3.05) is 6.61 Å². The molecule has 0 aromatic carbocycles. The van der Waals surface area contributed by atoms with Crippen molar-refractivity contribution in [1.82, 2.24) is 0 Å². The van der Waals surface area contributed by atoms with Crippen LogP contribution in [0.1, 0.15) is 48.0 Å². The van der Waals surface area contributed by atoms with E-state index in [9.17, 15) is 14.7 Å². The molecule has 0 fully saturated rings. The molecule has 0 aromatic rings. The predicted molar refractivity (Wildman–Crippen MR) is 63.0 cm³/mol. The topological polar surface area (TPSA) is 66.4 Å². The van der Waals surface area contributed by atoms with Crippen molar-refractivity contribution in [3.05, 3.63) is 0 Å². The van der Waals surface area contributed by atoms with Gasteiger partial charge in [0, 0.05) is 11.9 Å². The van der Waals surface area contributed by atoms with Gasteiger partial charge in [0.2, 0.25) is 0 Å². The molecule has 1 unspecified atom stereocenters. The summed E-state index contributed by atoms with van der Waals surface area (Å²) >= 11 is 0. The zero-order chi connectivity index (χ0) is 13.9. The average molecular weight is 243 g/mol. The molecule has 0 spiro atoms. The molecule has 0 saturated heterocycles. The van der Waals surface area contributed by atoms with Gasteiger partial charge in [-0.05, 0) is 32.6 Å². The Morgan fingerprint density at radius 2 is 1.59 bits per heavy atom. The Morgan fingerprint density at radius 1 is 1.12 bits per heavy atom. The molecule has 4 heteroatoms. The lowest BCUT2D eigenvalue weighted by molar-refractivity contribution is -0.315. The van der Waals surface area contributed by atoms with Gasteiger partial charge in [-0.2, -0.15) is 0 Å². The lowest BCUT2D eigenvalue weighted by Gasteiger charge is -2.31. The van der Waals surface area contributed by atoms with Gasteiger partial charge in [0.15, 0.2) is 0 Å². The van der Waals surface area contributed by atoms with Crippen LogP contribution in [0, 0.1) is 16.7 Å². The summed E-state index contributed by atoms with van der Waals surface area (Å²) in [7, 11) is 0. The first-order chi connectivity index (χ1) is 7.46. The molecule has 0 saturated carbocycles. The minimum absolute atomic E-state index is 0.117. The van der Waals surface area contributed by atoms with E-state index in [1.165, 1.54) is 0 Å². The highest BCUT2D eigenvalue weighted by molar-refractivity contribution is 5.75. The van der Waals surface area contributed by atoms with E-state index in [1.807, 2.05) is 20.8 Å². The summed E-state index contributed by atoms with van der Waals surface area (Å²) in [6.45, 7) is 10.9. The van der Waals surface area contributed by atoms with Crippen LogP contribution in [-0.2, 0) is 14.3 Å². The number of carbonyl (C=O) groups is 2. The summed E-state index contributed by atoms with van der Waals surface area (Å²) in [5.41, 5.74) is -0.953. The number of hydrogen-bond donors (Lipinski definition) is 0. The number of carboxylic acids is 1. The molecular weight excluding hydrogens is 220 g/mol. The van der Waals surface area contributed by atoms with E-state index in [1.54, 1.807) is 20.8 Å². The molecule has 100 valence electrons. The van der Waals surface area contributed by atoms with Crippen LogP contribution < -0.4 is 5.11 Å². The van der Waals surface area contributed by atoms with E-state index in [2.05, 4.69) is 0 Å². The van der Waals surface area contributed by atoms with Crippen LogP contribution in [0.3, 0.4) is 0 Å². The third-order valence-corrected chi connectivity index (χ3v) is 2.58. The highest BCUT2D eigenvalue weighted by atomic mass is 16.5. The molecule has 1 atom stereocenters. The second kappa shape index (κ2) is 5.52. The molecule has 0 N–H and O–H groups in total. The zero-order valence-electron chi connectivity index (χ0n) is 11.6. The van der Waals surface area contributed by atoms with Gasteiger partial charge >= 0.3 is 5.97 Å². The van der Waals surface area contributed by atoms with Crippen LogP contribution >= 0.6 is 0 Å². The second-order valence-electron chi connectivity index (χ2n) is 6.41. The van der Waals surface area contributed by atoms with Crippen LogP contribution in [0.5, 0.6) is 0 Å². The Hall–Kier alpha value is -1.06. The lowest BCUT2D eigenvalue weighted by atomic mass is 9.79. The molecule has 0 heterocycles. The van der Waals surface area contributed by atoms with Gasteiger partial charge in [0.05, 0.1) is 12.0 Å². The van der Waals surface area contributed by atoms with Crippen molar-refractivity contribution in [2.24, 2.45) is 16.7 Å². The Kier molecular flexibility index (Phi) is 5.17. The third kappa shape index (κ3) is 5.71. The fraction of sp³-hybridized carbons (Fsp3) is 0.846. The number of carbonyl (C=O) groups excluding carboxylic acids is 2. The molecule has 0 bridgehead atoms. The SMILES string of the molecule is CC(C)(C)C(=O)OCCC(C(=O)[O-])C(C)(C)C. The maximum atomic E-state index is 11.5. The van der Waals surface area contributed by atoms with Gasteiger partial charge in [-0.1, -0.05) is 20.8 Å². The standard InChI is InChI=1S/C13H24O4/c1-12(2,3)9(10(14)15)7-8-17-11(16)13(4,5)6/h9H,7-8H2,1-6H3,(H,14,15)/p-1. The highest BCUT2D eigenvalue weighted by Gasteiger charge is 2.27. The zero-order valence-corrected chi connectivity index (χ0v) is 11.6. The van der Waals surface area contributed by atoms with Gasteiger partial charge in [-0.15, -0.1) is 0 Å². The largest absolute Gasteiger partial charge is 0.550 e. The average Bonchev–Trinajstić information content (AvgIpc) is 2.07. The minimum atomic E-state index is -1.09. The summed E-state index contributed by atoms with van der Waals surface area (Å²) in [6, 6.07) is 0. The quantitative estimate of drug-likeness (QED) is 0.700. The molecule has 0 aliphatic heterocycles. The van der Waals surface area contributed by atoms with Crippen molar-refractivity contribution in [3.8, 4) is 0 Å². The Bertz CT molecular complexity index is 281. The van der Waals surface area contributed by atoms with E-state index in [4.69, 9.17) is 4.74 Å². The van der Waals surface area contributed by atoms with E-state index in [0.29, 0.717) is 0 Å². The molecular formula is C13H23O4-. The molecule has 0 aromatic heterocycles. The summed E-state index contributed by atoms with van der Waals surface area (Å²) in [5, 5.41) is 11.0. The Labute approximate surface area is 103 Å². The van der Waals surface area contributed by atoms with Gasteiger partial charge in [0.1, 0.15) is 0 Å².